The van der Waals surface area contributed by atoms with Gasteiger partial charge in [0.15, 0.2) is 11.5 Å². The van der Waals surface area contributed by atoms with Gasteiger partial charge in [-0.2, -0.15) is 0 Å². The van der Waals surface area contributed by atoms with Crippen molar-refractivity contribution in [2.24, 2.45) is 0 Å². The van der Waals surface area contributed by atoms with Gasteiger partial charge < -0.3 is 14.6 Å². The maximum absolute atomic E-state index is 13.2. The maximum atomic E-state index is 13.2. The second-order valence-electron chi connectivity index (χ2n) is 3.46. The van der Waals surface area contributed by atoms with Gasteiger partial charge in [0.05, 0.1) is 13.2 Å². The lowest BCUT2D eigenvalue weighted by atomic mass is 10.1. The number of benzene rings is 1. The minimum atomic E-state index is -2.03. The molecule has 16 heavy (non-hydrogen) atoms. The highest BCUT2D eigenvalue weighted by atomic mass is 19.1. The zero-order valence-corrected chi connectivity index (χ0v) is 8.48. The van der Waals surface area contributed by atoms with Crippen LogP contribution in [0.1, 0.15) is 18.2 Å². The Labute approximate surface area is 91.6 Å². The van der Waals surface area contributed by atoms with E-state index >= 15 is 0 Å². The predicted octanol–water partition coefficient (Wildman–Crippen LogP) is 1.94. The van der Waals surface area contributed by atoms with Gasteiger partial charge in [-0.1, -0.05) is 6.07 Å². The summed E-state index contributed by atoms with van der Waals surface area (Å²) >= 11 is 0. The van der Waals surface area contributed by atoms with E-state index in [0.29, 0.717) is 24.7 Å². The summed E-state index contributed by atoms with van der Waals surface area (Å²) in [5.41, 5.74) is 0.0664. The quantitative estimate of drug-likeness (QED) is 0.837. The van der Waals surface area contributed by atoms with E-state index in [4.69, 9.17) is 14.6 Å². The van der Waals surface area contributed by atoms with Crippen molar-refractivity contribution in [1.82, 2.24) is 0 Å². The summed E-state index contributed by atoms with van der Waals surface area (Å²) < 4.78 is 23.9. The molecule has 1 aromatic rings. The number of rotatable bonds is 2. The van der Waals surface area contributed by atoms with E-state index in [9.17, 15) is 9.18 Å². The smallest absolute Gasteiger partial charge is 0.343 e. The van der Waals surface area contributed by atoms with Crippen molar-refractivity contribution >= 4 is 5.97 Å². The molecule has 0 aliphatic carbocycles. The van der Waals surface area contributed by atoms with E-state index < -0.39 is 12.1 Å². The Morgan fingerprint density at radius 1 is 1.31 bits per heavy atom. The van der Waals surface area contributed by atoms with Crippen molar-refractivity contribution in [3.8, 4) is 11.5 Å². The first kappa shape index (κ1) is 10.7. The molecule has 2 rings (SSSR count). The fourth-order valence-electron chi connectivity index (χ4n) is 1.48. The van der Waals surface area contributed by atoms with Crippen LogP contribution in [-0.4, -0.2) is 24.3 Å². The van der Waals surface area contributed by atoms with Crippen LogP contribution in [0.5, 0.6) is 11.5 Å². The Bertz CT molecular complexity index is 405. The van der Waals surface area contributed by atoms with Gasteiger partial charge >= 0.3 is 5.97 Å². The van der Waals surface area contributed by atoms with Crippen molar-refractivity contribution in [3.63, 3.8) is 0 Å². The SMILES string of the molecule is O=C(O)C(F)c1ccc2c(c1)OCCCO2. The Morgan fingerprint density at radius 2 is 2.00 bits per heavy atom. The van der Waals surface area contributed by atoms with Crippen molar-refractivity contribution in [3.05, 3.63) is 23.8 Å². The van der Waals surface area contributed by atoms with Crippen molar-refractivity contribution in [2.45, 2.75) is 12.6 Å². The van der Waals surface area contributed by atoms with Gasteiger partial charge in [0, 0.05) is 12.0 Å². The first-order valence-corrected chi connectivity index (χ1v) is 4.95. The highest BCUT2D eigenvalue weighted by molar-refractivity contribution is 5.74. The van der Waals surface area contributed by atoms with Gasteiger partial charge in [-0.15, -0.1) is 0 Å². The lowest BCUT2D eigenvalue weighted by Gasteiger charge is -2.09. The van der Waals surface area contributed by atoms with Gasteiger partial charge in [-0.05, 0) is 12.1 Å². The normalized spacial score (nSPS) is 16.3. The summed E-state index contributed by atoms with van der Waals surface area (Å²) in [6.07, 6.45) is -1.28. The number of carbonyl (C=O) groups is 1. The molecule has 0 bridgehead atoms. The Hall–Kier alpha value is -1.78. The van der Waals surface area contributed by atoms with E-state index in [-0.39, 0.29) is 5.56 Å². The van der Waals surface area contributed by atoms with E-state index in [2.05, 4.69) is 0 Å². The molecule has 86 valence electrons. The molecule has 0 fully saturated rings. The zero-order chi connectivity index (χ0) is 11.5. The minimum Gasteiger partial charge on any atom is -0.490 e. The van der Waals surface area contributed by atoms with Crippen LogP contribution in [0.2, 0.25) is 0 Å². The lowest BCUT2D eigenvalue weighted by molar-refractivity contribution is -0.143. The Morgan fingerprint density at radius 3 is 2.69 bits per heavy atom. The number of carboxylic acid groups (broad SMARTS) is 1. The monoisotopic (exact) mass is 226 g/mol. The summed E-state index contributed by atoms with van der Waals surface area (Å²) in [5.74, 6) is -0.577. The van der Waals surface area contributed by atoms with Crippen LogP contribution < -0.4 is 9.47 Å². The molecule has 0 spiro atoms. The second-order valence-corrected chi connectivity index (χ2v) is 3.46. The third-order valence-electron chi connectivity index (χ3n) is 2.28. The third-order valence-corrected chi connectivity index (χ3v) is 2.28. The molecule has 0 amide bonds. The minimum absolute atomic E-state index is 0.0664. The molecule has 0 radical (unpaired) electrons. The van der Waals surface area contributed by atoms with Crippen molar-refractivity contribution in [1.29, 1.82) is 0 Å². The molecule has 4 nitrogen and oxygen atoms in total. The molecular formula is C11H11FO4. The van der Waals surface area contributed by atoms with Gasteiger partial charge in [0.2, 0.25) is 6.17 Å². The maximum Gasteiger partial charge on any atom is 0.343 e. The molecule has 1 aliphatic rings. The molecular weight excluding hydrogens is 215 g/mol. The van der Waals surface area contributed by atoms with E-state index in [1.165, 1.54) is 18.2 Å². The van der Waals surface area contributed by atoms with Crippen LogP contribution in [0.3, 0.4) is 0 Å². The number of aliphatic carboxylic acids is 1. The summed E-state index contributed by atoms with van der Waals surface area (Å²) in [6, 6.07) is 4.30. The topological polar surface area (TPSA) is 55.8 Å². The van der Waals surface area contributed by atoms with E-state index in [1.54, 1.807) is 0 Å². The fraction of sp³-hybridized carbons (Fsp3) is 0.364. The number of carboxylic acids is 1. The molecule has 0 aromatic heterocycles. The molecule has 5 heteroatoms. The molecule has 1 unspecified atom stereocenters. The van der Waals surface area contributed by atoms with Gasteiger partial charge in [-0.25, -0.2) is 9.18 Å². The fourth-order valence-corrected chi connectivity index (χ4v) is 1.48. The molecule has 0 saturated heterocycles. The second kappa shape index (κ2) is 4.38. The zero-order valence-electron chi connectivity index (χ0n) is 8.48. The number of ether oxygens (including phenoxy) is 2. The first-order valence-electron chi connectivity index (χ1n) is 4.95. The number of fused-ring (bicyclic) bond motifs is 1. The molecule has 1 aliphatic heterocycles. The van der Waals surface area contributed by atoms with E-state index in [0.717, 1.165) is 6.42 Å². The third kappa shape index (κ3) is 2.08. The largest absolute Gasteiger partial charge is 0.490 e. The number of hydrogen-bond donors (Lipinski definition) is 1. The number of halogens is 1. The Balaban J connectivity index is 2.30. The van der Waals surface area contributed by atoms with Gasteiger partial charge in [-0.3, -0.25) is 0 Å². The standard InChI is InChI=1S/C11H11FO4/c12-10(11(13)14)7-2-3-8-9(6-7)16-5-1-4-15-8/h2-3,6,10H,1,4-5H2,(H,13,14). The highest BCUT2D eigenvalue weighted by Crippen LogP contribution is 2.33. The van der Waals surface area contributed by atoms with Crippen LogP contribution in [0.25, 0.3) is 0 Å². The lowest BCUT2D eigenvalue weighted by Crippen LogP contribution is -2.06. The van der Waals surface area contributed by atoms with Crippen LogP contribution in [-0.2, 0) is 4.79 Å². The van der Waals surface area contributed by atoms with Gasteiger partial charge in [0.25, 0.3) is 0 Å². The van der Waals surface area contributed by atoms with Crippen LogP contribution in [0, 0.1) is 0 Å². The van der Waals surface area contributed by atoms with Crippen molar-refractivity contribution < 1.29 is 23.8 Å². The van der Waals surface area contributed by atoms with E-state index in [1.807, 2.05) is 0 Å². The average Bonchev–Trinajstić information content (AvgIpc) is 2.51. The van der Waals surface area contributed by atoms with Crippen LogP contribution in [0.15, 0.2) is 18.2 Å². The average molecular weight is 226 g/mol. The number of alkyl halides is 1. The molecule has 1 N–H and O–H groups in total. The summed E-state index contributed by atoms with van der Waals surface area (Å²) in [7, 11) is 0. The molecule has 1 aromatic carbocycles. The van der Waals surface area contributed by atoms with Crippen LogP contribution in [0.4, 0.5) is 4.39 Å². The molecule has 1 atom stereocenters. The highest BCUT2D eigenvalue weighted by Gasteiger charge is 2.21. The summed E-state index contributed by atoms with van der Waals surface area (Å²) in [4.78, 5) is 10.5. The summed E-state index contributed by atoms with van der Waals surface area (Å²) in [5, 5.41) is 8.55. The van der Waals surface area contributed by atoms with Gasteiger partial charge in [0.1, 0.15) is 0 Å². The van der Waals surface area contributed by atoms with Crippen LogP contribution >= 0.6 is 0 Å². The molecule has 0 saturated carbocycles. The first-order chi connectivity index (χ1) is 7.68. The molecule has 1 heterocycles. The number of hydrogen-bond acceptors (Lipinski definition) is 3. The Kier molecular flexibility index (Phi) is 2.94. The summed E-state index contributed by atoms with van der Waals surface area (Å²) in [6.45, 7) is 1.03. The predicted molar refractivity (Wildman–Crippen MR) is 53.5 cm³/mol. The van der Waals surface area contributed by atoms with Crippen molar-refractivity contribution in [2.75, 3.05) is 13.2 Å².